The molecule has 2 saturated heterocycles. The van der Waals surface area contributed by atoms with E-state index < -0.39 is 0 Å². The molecule has 53 heavy (non-hydrogen) atoms. The van der Waals surface area contributed by atoms with Crippen molar-refractivity contribution in [3.8, 4) is 39.4 Å². The van der Waals surface area contributed by atoms with E-state index in [1.165, 1.54) is 0 Å². The highest BCUT2D eigenvalue weighted by molar-refractivity contribution is 6.39. The second-order valence-corrected chi connectivity index (χ2v) is 14.2. The van der Waals surface area contributed by atoms with Crippen LogP contribution in [0.15, 0.2) is 71.7 Å². The fourth-order valence-corrected chi connectivity index (χ4v) is 7.76. The fourth-order valence-electron chi connectivity index (χ4n) is 7.10. The Morgan fingerprint density at radius 1 is 0.811 bits per heavy atom. The molecular weight excluding hydrogens is 713 g/mol. The molecule has 0 bridgehead atoms. The van der Waals surface area contributed by atoms with Gasteiger partial charge in [0.15, 0.2) is 0 Å². The van der Waals surface area contributed by atoms with E-state index in [2.05, 4.69) is 21.3 Å². The Hall–Kier alpha value is -4.81. The zero-order valence-corrected chi connectivity index (χ0v) is 31.1. The summed E-state index contributed by atoms with van der Waals surface area (Å²) in [6.45, 7) is 4.15. The summed E-state index contributed by atoms with van der Waals surface area (Å²) in [5.41, 5.74) is 7.12. The third-order valence-corrected chi connectivity index (χ3v) is 10.7. The van der Waals surface area contributed by atoms with Gasteiger partial charge in [-0.1, -0.05) is 72.6 Å². The number of benzene rings is 2. The predicted molar refractivity (Wildman–Crippen MR) is 207 cm³/mol. The topological polar surface area (TPSA) is 139 Å². The van der Waals surface area contributed by atoms with Gasteiger partial charge in [-0.3, -0.25) is 18.8 Å². The smallest absolute Gasteiger partial charge is 0.262 e. The molecule has 7 rings (SSSR count). The standard InChI is InChI=1S/C40H41Cl2N7O4/c1-3-32-31(22-44-21-26-12-15-36(51)46-26)40(52)49-17-16-23(18-34(49)47-32)27-6-4-7-28(37(27)41)29-8-5-9-30(38(29)42)33-13-10-24(39(48-33)53-2)19-43-20-25-11-14-35(50)45-25/h4-10,13,16-18,25-26,43-44H,3,11-12,14-15,19-22H2,1-2H3,(H,45,50)(H,46,51)/t25-,26+/m1/s1. The molecule has 4 N–H and O–H groups in total. The van der Waals surface area contributed by atoms with Crippen molar-refractivity contribution < 1.29 is 14.3 Å². The van der Waals surface area contributed by atoms with Crippen LogP contribution >= 0.6 is 23.2 Å². The number of nitrogens with zero attached hydrogens (tertiary/aromatic N) is 3. The maximum Gasteiger partial charge on any atom is 0.262 e. The van der Waals surface area contributed by atoms with Gasteiger partial charge >= 0.3 is 0 Å². The number of ether oxygens (including phenoxy) is 1. The molecule has 2 aliphatic heterocycles. The molecule has 0 spiro atoms. The third kappa shape index (κ3) is 7.79. The molecule has 5 heterocycles. The quantitative estimate of drug-likeness (QED) is 0.120. The van der Waals surface area contributed by atoms with E-state index in [0.717, 1.165) is 51.9 Å². The Bertz CT molecular complexity index is 2260. The molecule has 2 atom stereocenters. The summed E-state index contributed by atoms with van der Waals surface area (Å²) in [6.07, 6.45) is 5.05. The van der Waals surface area contributed by atoms with E-state index in [1.807, 2.05) is 67.6 Å². The minimum atomic E-state index is -0.126. The third-order valence-electron chi connectivity index (χ3n) is 9.92. The fraction of sp³-hybridized carbons (Fsp3) is 0.325. The maximum absolute atomic E-state index is 13.6. The average Bonchev–Trinajstić information content (AvgIpc) is 3.79. The molecule has 13 heteroatoms. The van der Waals surface area contributed by atoms with E-state index >= 15 is 0 Å². The molecule has 2 aromatic carbocycles. The van der Waals surface area contributed by atoms with Gasteiger partial charge in [0.05, 0.1) is 34.1 Å². The summed E-state index contributed by atoms with van der Waals surface area (Å²) in [5.74, 6) is 0.647. The van der Waals surface area contributed by atoms with Crippen molar-refractivity contribution in [2.24, 2.45) is 0 Å². The van der Waals surface area contributed by atoms with Crippen molar-refractivity contribution in [3.05, 3.63) is 104 Å². The Labute approximate surface area is 317 Å². The summed E-state index contributed by atoms with van der Waals surface area (Å²) < 4.78 is 7.22. The lowest BCUT2D eigenvalue weighted by Gasteiger charge is -2.16. The van der Waals surface area contributed by atoms with Crippen molar-refractivity contribution in [2.75, 3.05) is 20.2 Å². The molecule has 0 aliphatic carbocycles. The molecular formula is C40H41Cl2N7O4. The number of hydrogen-bond acceptors (Lipinski definition) is 8. The van der Waals surface area contributed by atoms with Crippen LogP contribution in [0.1, 0.15) is 49.4 Å². The number of hydrogen-bond donors (Lipinski definition) is 4. The minimum absolute atomic E-state index is 0.0646. The SMILES string of the molecule is CCc1nc2cc(-c3cccc(-c4cccc(-c5ccc(CNC[C@H]6CCC(=O)N6)c(OC)n5)c4Cl)c3Cl)ccn2c(=O)c1CNC[C@@H]1CCC(=O)N1. The first kappa shape index (κ1) is 36.5. The molecule has 0 unspecified atom stereocenters. The highest BCUT2D eigenvalue weighted by atomic mass is 35.5. The molecule has 0 radical (unpaired) electrons. The largest absolute Gasteiger partial charge is 0.481 e. The monoisotopic (exact) mass is 753 g/mol. The van der Waals surface area contributed by atoms with Gasteiger partial charge in [0, 0.05) is 85.1 Å². The number of amides is 2. The Kier molecular flexibility index (Phi) is 11.1. The van der Waals surface area contributed by atoms with E-state index in [4.69, 9.17) is 37.9 Å². The van der Waals surface area contributed by atoms with Gasteiger partial charge in [0.25, 0.3) is 5.56 Å². The first-order valence-electron chi connectivity index (χ1n) is 17.9. The van der Waals surface area contributed by atoms with E-state index in [1.54, 1.807) is 17.7 Å². The van der Waals surface area contributed by atoms with Crippen LogP contribution in [0.25, 0.3) is 39.2 Å². The molecule has 0 saturated carbocycles. The number of carbonyl (C=O) groups is 2. The number of fused-ring (bicyclic) bond motifs is 1. The van der Waals surface area contributed by atoms with Crippen LogP contribution in [0, 0.1) is 0 Å². The molecule has 5 aromatic rings. The van der Waals surface area contributed by atoms with Crippen LogP contribution in [0.4, 0.5) is 0 Å². The van der Waals surface area contributed by atoms with Gasteiger partial charge in [-0.15, -0.1) is 0 Å². The molecule has 2 aliphatic rings. The summed E-state index contributed by atoms with van der Waals surface area (Å²) in [6, 6.07) is 19.4. The first-order valence-corrected chi connectivity index (χ1v) is 18.7. The second kappa shape index (κ2) is 16.1. The number of aromatic nitrogens is 3. The lowest BCUT2D eigenvalue weighted by atomic mass is 9.97. The van der Waals surface area contributed by atoms with Gasteiger partial charge in [-0.25, -0.2) is 9.97 Å². The van der Waals surface area contributed by atoms with E-state index in [9.17, 15) is 14.4 Å². The highest BCUT2D eigenvalue weighted by Crippen LogP contribution is 2.42. The first-order chi connectivity index (χ1) is 25.7. The van der Waals surface area contributed by atoms with E-state index in [0.29, 0.717) is 78.3 Å². The van der Waals surface area contributed by atoms with E-state index in [-0.39, 0.29) is 29.5 Å². The number of methoxy groups -OCH3 is 1. The van der Waals surface area contributed by atoms with Crippen molar-refractivity contribution in [1.82, 2.24) is 35.6 Å². The number of carbonyl (C=O) groups excluding carboxylic acids is 2. The summed E-state index contributed by atoms with van der Waals surface area (Å²) in [5, 5.41) is 13.7. The van der Waals surface area contributed by atoms with Gasteiger partial charge in [-0.2, -0.15) is 0 Å². The van der Waals surface area contributed by atoms with Crippen molar-refractivity contribution in [3.63, 3.8) is 0 Å². The predicted octanol–water partition coefficient (Wildman–Crippen LogP) is 5.70. The molecule has 274 valence electrons. The number of aryl methyl sites for hydroxylation is 1. The van der Waals surface area contributed by atoms with Crippen LogP contribution < -0.4 is 31.6 Å². The van der Waals surface area contributed by atoms with Crippen LogP contribution in [-0.2, 0) is 29.1 Å². The molecule has 2 fully saturated rings. The number of nitrogens with one attached hydrogen (secondary N) is 4. The van der Waals surface area contributed by atoms with Gasteiger partial charge in [0.2, 0.25) is 17.7 Å². The lowest BCUT2D eigenvalue weighted by molar-refractivity contribution is -0.120. The Balaban J connectivity index is 1.13. The zero-order valence-electron chi connectivity index (χ0n) is 29.6. The van der Waals surface area contributed by atoms with Crippen molar-refractivity contribution >= 4 is 40.7 Å². The second-order valence-electron chi connectivity index (χ2n) is 13.4. The highest BCUT2D eigenvalue weighted by Gasteiger charge is 2.23. The number of rotatable bonds is 13. The Morgan fingerprint density at radius 2 is 1.43 bits per heavy atom. The van der Waals surface area contributed by atoms with Gasteiger partial charge < -0.3 is 26.0 Å². The molecule has 3 aromatic heterocycles. The number of halogens is 2. The average molecular weight is 755 g/mol. The van der Waals surface area contributed by atoms with Gasteiger partial charge in [0.1, 0.15) is 5.65 Å². The maximum atomic E-state index is 13.6. The number of pyridine rings is 2. The van der Waals surface area contributed by atoms with Crippen molar-refractivity contribution in [2.45, 2.75) is 64.2 Å². The van der Waals surface area contributed by atoms with Crippen LogP contribution in [-0.4, -0.2) is 58.5 Å². The normalized spacial score (nSPS) is 17.0. The van der Waals surface area contributed by atoms with Crippen LogP contribution in [0.5, 0.6) is 5.88 Å². The van der Waals surface area contributed by atoms with Gasteiger partial charge in [-0.05, 0) is 43.0 Å². The zero-order chi connectivity index (χ0) is 37.1. The lowest BCUT2D eigenvalue weighted by Crippen LogP contribution is -2.37. The minimum Gasteiger partial charge on any atom is -0.481 e. The van der Waals surface area contributed by atoms with Crippen molar-refractivity contribution in [1.29, 1.82) is 0 Å². The Morgan fingerprint density at radius 3 is 2.06 bits per heavy atom. The van der Waals surface area contributed by atoms with Crippen LogP contribution in [0.2, 0.25) is 10.0 Å². The molecule has 11 nitrogen and oxygen atoms in total. The van der Waals surface area contributed by atoms with Crippen LogP contribution in [0.3, 0.4) is 0 Å². The summed E-state index contributed by atoms with van der Waals surface area (Å²) in [4.78, 5) is 46.4. The molecule has 2 amide bonds. The summed E-state index contributed by atoms with van der Waals surface area (Å²) in [7, 11) is 1.59. The summed E-state index contributed by atoms with van der Waals surface area (Å²) >= 11 is 14.3.